The van der Waals surface area contributed by atoms with Gasteiger partial charge in [-0.1, -0.05) is 13.8 Å². The van der Waals surface area contributed by atoms with Crippen molar-refractivity contribution >= 4 is 35.1 Å². The standard InChI is InChI=1S/C14H21Cl2NO3/c1-9-4-10(2)6-17(5-9)11(18)7-20-12(19)13(3)8-14(13,15)16/h9-10H,4-8H2,1-3H3. The first-order chi connectivity index (χ1) is 9.15. The van der Waals surface area contributed by atoms with E-state index in [4.69, 9.17) is 27.9 Å². The molecule has 1 amide bonds. The summed E-state index contributed by atoms with van der Waals surface area (Å²) < 4.78 is 4.04. The van der Waals surface area contributed by atoms with Gasteiger partial charge in [0.15, 0.2) is 6.61 Å². The molecular formula is C14H21Cl2NO3. The number of carbonyl (C=O) groups is 2. The number of alkyl halides is 2. The largest absolute Gasteiger partial charge is 0.455 e. The average molecular weight is 322 g/mol. The zero-order valence-corrected chi connectivity index (χ0v) is 13.6. The van der Waals surface area contributed by atoms with Crippen LogP contribution in [0.4, 0.5) is 0 Å². The lowest BCUT2D eigenvalue weighted by Crippen LogP contribution is -2.44. The van der Waals surface area contributed by atoms with E-state index in [1.54, 1.807) is 11.8 Å². The van der Waals surface area contributed by atoms with E-state index in [-0.39, 0.29) is 12.5 Å². The van der Waals surface area contributed by atoms with E-state index in [1.165, 1.54) is 0 Å². The van der Waals surface area contributed by atoms with Gasteiger partial charge in [-0.3, -0.25) is 9.59 Å². The molecule has 1 saturated carbocycles. The molecule has 0 N–H and O–H groups in total. The number of piperidine rings is 1. The summed E-state index contributed by atoms with van der Waals surface area (Å²) in [6, 6.07) is 0. The Morgan fingerprint density at radius 3 is 2.20 bits per heavy atom. The van der Waals surface area contributed by atoms with Crippen LogP contribution in [0.1, 0.15) is 33.6 Å². The van der Waals surface area contributed by atoms with Crippen LogP contribution in [-0.4, -0.2) is 40.8 Å². The van der Waals surface area contributed by atoms with Crippen molar-refractivity contribution < 1.29 is 14.3 Å². The second-order valence-corrected chi connectivity index (χ2v) is 8.02. The number of amides is 1. The Hall–Kier alpha value is -0.480. The van der Waals surface area contributed by atoms with E-state index >= 15 is 0 Å². The van der Waals surface area contributed by atoms with Crippen molar-refractivity contribution in [2.75, 3.05) is 19.7 Å². The fraction of sp³-hybridized carbons (Fsp3) is 0.857. The van der Waals surface area contributed by atoms with Crippen molar-refractivity contribution in [3.63, 3.8) is 0 Å². The molecule has 2 fully saturated rings. The minimum atomic E-state index is -1.05. The zero-order chi connectivity index (χ0) is 15.1. The van der Waals surface area contributed by atoms with Crippen LogP contribution in [-0.2, 0) is 14.3 Å². The zero-order valence-electron chi connectivity index (χ0n) is 12.1. The van der Waals surface area contributed by atoms with Crippen LogP contribution >= 0.6 is 23.2 Å². The minimum absolute atomic E-state index is 0.143. The molecule has 0 aromatic heterocycles. The first-order valence-electron chi connectivity index (χ1n) is 6.98. The molecule has 3 unspecified atom stereocenters. The quantitative estimate of drug-likeness (QED) is 0.593. The van der Waals surface area contributed by atoms with E-state index in [1.807, 2.05) is 0 Å². The van der Waals surface area contributed by atoms with Crippen LogP contribution in [0.2, 0.25) is 0 Å². The molecule has 4 nitrogen and oxygen atoms in total. The lowest BCUT2D eigenvalue weighted by Gasteiger charge is -2.34. The fourth-order valence-electron chi connectivity index (χ4n) is 2.87. The lowest BCUT2D eigenvalue weighted by molar-refractivity contribution is -0.157. The van der Waals surface area contributed by atoms with Crippen LogP contribution in [0.5, 0.6) is 0 Å². The predicted octanol–water partition coefficient (Wildman–Crippen LogP) is 2.62. The van der Waals surface area contributed by atoms with Crippen molar-refractivity contribution in [2.24, 2.45) is 17.3 Å². The number of likely N-dealkylation sites (tertiary alicyclic amines) is 1. The first kappa shape index (κ1) is 15.9. The summed E-state index contributed by atoms with van der Waals surface area (Å²) in [7, 11) is 0. The van der Waals surface area contributed by atoms with Crippen LogP contribution in [0, 0.1) is 17.3 Å². The van der Waals surface area contributed by atoms with Gasteiger partial charge in [0.2, 0.25) is 0 Å². The van der Waals surface area contributed by atoms with Gasteiger partial charge >= 0.3 is 5.97 Å². The molecule has 0 aromatic rings. The Balaban J connectivity index is 1.82. The molecule has 1 aliphatic carbocycles. The van der Waals surface area contributed by atoms with Crippen LogP contribution in [0.25, 0.3) is 0 Å². The van der Waals surface area contributed by atoms with Gasteiger partial charge in [-0.2, -0.15) is 0 Å². The highest BCUT2D eigenvalue weighted by molar-refractivity contribution is 6.53. The second-order valence-electron chi connectivity index (χ2n) is 6.53. The molecule has 3 atom stereocenters. The minimum Gasteiger partial charge on any atom is -0.455 e. The third-order valence-electron chi connectivity index (χ3n) is 4.26. The highest BCUT2D eigenvalue weighted by Crippen LogP contribution is 2.64. The second kappa shape index (κ2) is 5.38. The predicted molar refractivity (Wildman–Crippen MR) is 77.6 cm³/mol. The van der Waals surface area contributed by atoms with E-state index in [0.29, 0.717) is 18.3 Å². The summed E-state index contributed by atoms with van der Waals surface area (Å²) >= 11 is 11.8. The van der Waals surface area contributed by atoms with Gasteiger partial charge < -0.3 is 9.64 Å². The number of hydrogen-bond acceptors (Lipinski definition) is 3. The molecule has 1 saturated heterocycles. The van der Waals surface area contributed by atoms with Gasteiger partial charge in [0.25, 0.3) is 5.91 Å². The Morgan fingerprint density at radius 2 is 1.75 bits per heavy atom. The molecule has 0 bridgehead atoms. The molecule has 114 valence electrons. The van der Waals surface area contributed by atoms with Gasteiger partial charge in [-0.05, 0) is 25.2 Å². The van der Waals surface area contributed by atoms with Crippen molar-refractivity contribution in [1.82, 2.24) is 4.90 Å². The monoisotopic (exact) mass is 321 g/mol. The molecule has 1 aliphatic heterocycles. The highest BCUT2D eigenvalue weighted by Gasteiger charge is 2.69. The number of esters is 1. The number of nitrogens with zero attached hydrogens (tertiary/aromatic N) is 1. The average Bonchev–Trinajstić information content (AvgIpc) is 2.85. The van der Waals surface area contributed by atoms with E-state index in [9.17, 15) is 9.59 Å². The van der Waals surface area contributed by atoms with Crippen LogP contribution in [0.15, 0.2) is 0 Å². The molecule has 1 heterocycles. The van der Waals surface area contributed by atoms with E-state index in [2.05, 4.69) is 13.8 Å². The van der Waals surface area contributed by atoms with Gasteiger partial charge in [0.05, 0.1) is 0 Å². The lowest BCUT2D eigenvalue weighted by atomic mass is 9.92. The van der Waals surface area contributed by atoms with Gasteiger partial charge in [-0.25, -0.2) is 0 Å². The molecule has 20 heavy (non-hydrogen) atoms. The highest BCUT2D eigenvalue weighted by atomic mass is 35.5. The molecular weight excluding hydrogens is 301 g/mol. The van der Waals surface area contributed by atoms with Crippen molar-refractivity contribution in [3.8, 4) is 0 Å². The third kappa shape index (κ3) is 3.06. The van der Waals surface area contributed by atoms with Gasteiger partial charge in [0.1, 0.15) is 9.75 Å². The molecule has 2 aliphatic rings. The van der Waals surface area contributed by atoms with Gasteiger partial charge in [0, 0.05) is 19.5 Å². The molecule has 2 rings (SSSR count). The number of rotatable bonds is 3. The number of halogens is 2. The summed E-state index contributed by atoms with van der Waals surface area (Å²) in [4.78, 5) is 25.8. The van der Waals surface area contributed by atoms with Crippen LogP contribution in [0.3, 0.4) is 0 Å². The molecule has 0 spiro atoms. The summed E-state index contributed by atoms with van der Waals surface area (Å²) in [6.07, 6.45) is 1.50. The van der Waals surface area contributed by atoms with Crippen molar-refractivity contribution in [3.05, 3.63) is 0 Å². The third-order valence-corrected chi connectivity index (χ3v) is 5.36. The smallest absolute Gasteiger partial charge is 0.315 e. The van der Waals surface area contributed by atoms with Crippen molar-refractivity contribution in [1.29, 1.82) is 0 Å². The molecule has 0 radical (unpaired) electrons. The maximum Gasteiger partial charge on any atom is 0.315 e. The SMILES string of the molecule is CC1CC(C)CN(C(=O)COC(=O)C2(C)CC2(Cl)Cl)C1. The summed E-state index contributed by atoms with van der Waals surface area (Å²) in [5, 5.41) is 0. The van der Waals surface area contributed by atoms with Gasteiger partial charge in [-0.15, -0.1) is 23.2 Å². The first-order valence-corrected chi connectivity index (χ1v) is 7.74. The Kier molecular flexibility index (Phi) is 4.27. The van der Waals surface area contributed by atoms with E-state index < -0.39 is 15.7 Å². The molecule has 6 heteroatoms. The van der Waals surface area contributed by atoms with Crippen molar-refractivity contribution in [2.45, 2.75) is 37.9 Å². The normalized spacial score (nSPS) is 35.5. The fourth-order valence-corrected chi connectivity index (χ4v) is 3.55. The topological polar surface area (TPSA) is 46.6 Å². The summed E-state index contributed by atoms with van der Waals surface area (Å²) in [5.74, 6) is 0.333. The Labute approximate surface area is 129 Å². The number of ether oxygens (including phenoxy) is 1. The van der Waals surface area contributed by atoms with Crippen LogP contribution < -0.4 is 0 Å². The molecule has 0 aromatic carbocycles. The Bertz CT molecular complexity index is 417. The summed E-state index contributed by atoms with van der Waals surface area (Å²) in [5.41, 5.74) is -0.876. The Morgan fingerprint density at radius 1 is 1.25 bits per heavy atom. The number of carbonyl (C=O) groups excluding carboxylic acids is 2. The van der Waals surface area contributed by atoms with E-state index in [0.717, 1.165) is 19.5 Å². The maximum absolute atomic E-state index is 12.1. The summed E-state index contributed by atoms with van der Waals surface area (Å²) in [6.45, 7) is 7.15. The number of hydrogen-bond donors (Lipinski definition) is 0. The maximum atomic E-state index is 12.1.